The van der Waals surface area contributed by atoms with Crippen molar-refractivity contribution in [3.63, 3.8) is 0 Å². The second kappa shape index (κ2) is 4.36. The molecule has 2 rings (SSSR count). The van der Waals surface area contributed by atoms with Gasteiger partial charge in [0.05, 0.1) is 0 Å². The summed E-state index contributed by atoms with van der Waals surface area (Å²) in [6.45, 7) is 8.22. The van der Waals surface area contributed by atoms with Crippen LogP contribution in [-0.2, 0) is 4.79 Å². The zero-order chi connectivity index (χ0) is 11.8. The van der Waals surface area contributed by atoms with Crippen LogP contribution in [0.5, 0.6) is 0 Å². The van der Waals surface area contributed by atoms with Crippen molar-refractivity contribution in [2.24, 2.45) is 5.41 Å². The monoisotopic (exact) mass is 224 g/mol. The minimum Gasteiger partial charge on any atom is -0.341 e. The summed E-state index contributed by atoms with van der Waals surface area (Å²) in [5.74, 6) is 0.218. The molecule has 0 bridgehead atoms. The predicted molar refractivity (Wildman–Crippen MR) is 65.2 cm³/mol. The lowest BCUT2D eigenvalue weighted by molar-refractivity contribution is -0.127. The minimum absolute atomic E-state index is 0.218. The largest absolute Gasteiger partial charge is 0.341 e. The lowest BCUT2D eigenvalue weighted by Gasteiger charge is -2.30. The van der Waals surface area contributed by atoms with Crippen molar-refractivity contribution < 1.29 is 4.79 Å². The summed E-state index contributed by atoms with van der Waals surface area (Å²) < 4.78 is 0. The van der Waals surface area contributed by atoms with Gasteiger partial charge in [-0.15, -0.1) is 0 Å². The Labute approximate surface area is 98.6 Å². The van der Waals surface area contributed by atoms with E-state index in [0.29, 0.717) is 17.5 Å². The van der Waals surface area contributed by atoms with Crippen molar-refractivity contribution in [3.8, 4) is 0 Å². The molecule has 1 heterocycles. The fourth-order valence-corrected chi connectivity index (χ4v) is 3.10. The van der Waals surface area contributed by atoms with Gasteiger partial charge in [0.2, 0.25) is 5.91 Å². The van der Waals surface area contributed by atoms with Gasteiger partial charge in [-0.3, -0.25) is 4.79 Å². The van der Waals surface area contributed by atoms with Gasteiger partial charge in [-0.2, -0.15) is 0 Å². The van der Waals surface area contributed by atoms with Gasteiger partial charge in [0.25, 0.3) is 0 Å². The van der Waals surface area contributed by atoms with Crippen LogP contribution in [0, 0.1) is 5.41 Å². The molecule has 2 atom stereocenters. The Balaban J connectivity index is 1.85. The highest BCUT2D eigenvalue weighted by Gasteiger charge is 2.36. The van der Waals surface area contributed by atoms with Crippen LogP contribution in [0.25, 0.3) is 0 Å². The van der Waals surface area contributed by atoms with E-state index in [1.165, 1.54) is 19.3 Å². The zero-order valence-corrected chi connectivity index (χ0v) is 10.8. The van der Waals surface area contributed by atoms with Crippen molar-refractivity contribution in [3.05, 3.63) is 0 Å². The maximum atomic E-state index is 11.3. The Bertz CT molecular complexity index is 275. The number of rotatable bonds is 2. The van der Waals surface area contributed by atoms with Crippen LogP contribution < -0.4 is 5.32 Å². The first-order valence-corrected chi connectivity index (χ1v) is 6.50. The topological polar surface area (TPSA) is 32.3 Å². The summed E-state index contributed by atoms with van der Waals surface area (Å²) in [4.78, 5) is 13.2. The van der Waals surface area contributed by atoms with Crippen LogP contribution in [0.2, 0.25) is 0 Å². The molecule has 0 spiro atoms. The van der Waals surface area contributed by atoms with Gasteiger partial charge in [0, 0.05) is 32.1 Å². The fourth-order valence-electron chi connectivity index (χ4n) is 3.10. The van der Waals surface area contributed by atoms with Gasteiger partial charge >= 0.3 is 0 Å². The first-order chi connectivity index (χ1) is 7.49. The molecule has 1 aliphatic heterocycles. The molecule has 0 aromatic carbocycles. The molecular weight excluding hydrogens is 200 g/mol. The lowest BCUT2D eigenvalue weighted by atomic mass is 9.87. The predicted octanol–water partition coefficient (Wildman–Crippen LogP) is 1.78. The molecule has 3 nitrogen and oxygen atoms in total. The van der Waals surface area contributed by atoms with Gasteiger partial charge in [-0.1, -0.05) is 20.3 Å². The number of carbonyl (C=O) groups excluding carboxylic acids is 1. The molecule has 1 saturated heterocycles. The summed E-state index contributed by atoms with van der Waals surface area (Å²) in [6, 6.07) is 1.16. The summed E-state index contributed by atoms with van der Waals surface area (Å²) in [5, 5.41) is 3.76. The molecule has 16 heavy (non-hydrogen) atoms. The molecule has 0 radical (unpaired) electrons. The SMILES string of the molecule is CC(=O)N1CCC(NC2CCCC2(C)C)C1. The molecule has 92 valence electrons. The number of likely N-dealkylation sites (tertiary alicyclic amines) is 1. The molecular formula is C13H24N2O. The van der Waals surface area contributed by atoms with E-state index in [1.54, 1.807) is 6.92 Å². The molecule has 1 saturated carbocycles. The van der Waals surface area contributed by atoms with E-state index in [9.17, 15) is 4.79 Å². The number of nitrogens with zero attached hydrogens (tertiary/aromatic N) is 1. The highest BCUT2D eigenvalue weighted by atomic mass is 16.2. The van der Waals surface area contributed by atoms with Crippen molar-refractivity contribution in [2.45, 2.75) is 58.5 Å². The number of hydrogen-bond acceptors (Lipinski definition) is 2. The van der Waals surface area contributed by atoms with Gasteiger partial charge in [-0.05, 0) is 24.7 Å². The van der Waals surface area contributed by atoms with E-state index in [1.807, 2.05) is 4.90 Å². The average molecular weight is 224 g/mol. The average Bonchev–Trinajstić information content (AvgIpc) is 2.75. The molecule has 1 N–H and O–H groups in total. The van der Waals surface area contributed by atoms with Crippen molar-refractivity contribution in [1.29, 1.82) is 0 Å². The van der Waals surface area contributed by atoms with Gasteiger partial charge in [0.1, 0.15) is 0 Å². The van der Waals surface area contributed by atoms with Crippen molar-refractivity contribution in [1.82, 2.24) is 10.2 Å². The van der Waals surface area contributed by atoms with E-state index in [4.69, 9.17) is 0 Å². The molecule has 1 aliphatic carbocycles. The summed E-state index contributed by atoms with van der Waals surface area (Å²) >= 11 is 0. The molecule has 2 fully saturated rings. The third-order valence-electron chi connectivity index (χ3n) is 4.33. The van der Waals surface area contributed by atoms with E-state index < -0.39 is 0 Å². The molecule has 0 aromatic rings. The van der Waals surface area contributed by atoms with Crippen LogP contribution in [0.3, 0.4) is 0 Å². The summed E-state index contributed by atoms with van der Waals surface area (Å²) in [7, 11) is 0. The Morgan fingerprint density at radius 1 is 1.38 bits per heavy atom. The Hall–Kier alpha value is -0.570. The second-order valence-corrected chi connectivity index (χ2v) is 6.05. The number of carbonyl (C=O) groups is 1. The second-order valence-electron chi connectivity index (χ2n) is 6.05. The van der Waals surface area contributed by atoms with Crippen LogP contribution in [0.1, 0.15) is 46.5 Å². The highest BCUT2D eigenvalue weighted by Crippen LogP contribution is 2.37. The Morgan fingerprint density at radius 3 is 2.62 bits per heavy atom. The first-order valence-electron chi connectivity index (χ1n) is 6.50. The maximum absolute atomic E-state index is 11.3. The molecule has 0 aromatic heterocycles. The smallest absolute Gasteiger partial charge is 0.219 e. The van der Waals surface area contributed by atoms with E-state index in [-0.39, 0.29) is 5.91 Å². The zero-order valence-electron chi connectivity index (χ0n) is 10.8. The lowest BCUT2D eigenvalue weighted by Crippen LogP contribution is -2.45. The van der Waals surface area contributed by atoms with E-state index >= 15 is 0 Å². The van der Waals surface area contributed by atoms with Crippen LogP contribution in [0.4, 0.5) is 0 Å². The molecule has 3 heteroatoms. The van der Waals surface area contributed by atoms with Crippen LogP contribution >= 0.6 is 0 Å². The van der Waals surface area contributed by atoms with E-state index in [0.717, 1.165) is 19.5 Å². The third-order valence-corrected chi connectivity index (χ3v) is 4.33. The third kappa shape index (κ3) is 2.40. The minimum atomic E-state index is 0.218. The molecule has 2 aliphatic rings. The van der Waals surface area contributed by atoms with Crippen LogP contribution in [-0.4, -0.2) is 36.0 Å². The summed E-state index contributed by atoms with van der Waals surface area (Å²) in [5.41, 5.74) is 0.434. The van der Waals surface area contributed by atoms with Gasteiger partial charge < -0.3 is 10.2 Å². The number of hydrogen-bond donors (Lipinski definition) is 1. The number of nitrogens with one attached hydrogen (secondary N) is 1. The summed E-state index contributed by atoms with van der Waals surface area (Å²) in [6.07, 6.45) is 5.08. The first kappa shape index (κ1) is 11.9. The van der Waals surface area contributed by atoms with Gasteiger partial charge in [0.15, 0.2) is 0 Å². The van der Waals surface area contributed by atoms with Gasteiger partial charge in [-0.25, -0.2) is 0 Å². The Morgan fingerprint density at radius 2 is 2.12 bits per heavy atom. The standard InChI is InChI=1S/C13H24N2O/c1-10(16)15-8-6-11(9-15)14-12-5-4-7-13(12,2)3/h11-12,14H,4-9H2,1-3H3. The molecule has 2 unspecified atom stereocenters. The van der Waals surface area contributed by atoms with Crippen LogP contribution in [0.15, 0.2) is 0 Å². The van der Waals surface area contributed by atoms with E-state index in [2.05, 4.69) is 19.2 Å². The normalized spacial score (nSPS) is 33.3. The quantitative estimate of drug-likeness (QED) is 0.775. The van der Waals surface area contributed by atoms with Crippen molar-refractivity contribution in [2.75, 3.05) is 13.1 Å². The Kier molecular flexibility index (Phi) is 3.24. The molecule has 1 amide bonds. The number of amides is 1. The van der Waals surface area contributed by atoms with Crippen molar-refractivity contribution >= 4 is 5.91 Å². The maximum Gasteiger partial charge on any atom is 0.219 e. The fraction of sp³-hybridized carbons (Fsp3) is 0.923. The highest BCUT2D eigenvalue weighted by molar-refractivity contribution is 5.73.